The first-order chi connectivity index (χ1) is 23.8. The fraction of sp³-hybridized carbons (Fsp3) is 0.833. The molecule has 294 valence electrons. The number of hydrogen-bond acceptors (Lipinski definition) is 9. The molecule has 8 atom stereocenters. The van der Waals surface area contributed by atoms with Crippen LogP contribution in [0.4, 0.5) is 0 Å². The van der Waals surface area contributed by atoms with Crippen LogP contribution >= 0.6 is 0 Å². The zero-order valence-electron chi connectivity index (χ0n) is 32.8. The summed E-state index contributed by atoms with van der Waals surface area (Å²) in [4.78, 5) is 82.1. The van der Waals surface area contributed by atoms with Crippen molar-refractivity contribution in [2.45, 2.75) is 123 Å². The number of primary amides is 1. The summed E-state index contributed by atoms with van der Waals surface area (Å²) < 4.78 is 11.7. The van der Waals surface area contributed by atoms with E-state index >= 15 is 0 Å². The maximum atomic E-state index is 14.3. The number of carbonyl (C=O) groups excluding carboxylic acids is 5. The molecule has 0 saturated carbocycles. The van der Waals surface area contributed by atoms with Crippen LogP contribution in [0.1, 0.15) is 87.0 Å². The molecule has 0 aromatic carbocycles. The van der Waals surface area contributed by atoms with Crippen molar-refractivity contribution in [2.75, 3.05) is 47.9 Å². The van der Waals surface area contributed by atoms with Gasteiger partial charge in [0.05, 0.1) is 49.2 Å². The summed E-state index contributed by atoms with van der Waals surface area (Å²) in [6, 6.07) is -2.32. The lowest BCUT2D eigenvalue weighted by atomic mass is 9.89. The van der Waals surface area contributed by atoms with Crippen molar-refractivity contribution < 1.29 is 43.3 Å². The first-order valence-electron chi connectivity index (χ1n) is 18.2. The van der Waals surface area contributed by atoms with Gasteiger partial charge in [-0.05, 0) is 50.6 Å². The van der Waals surface area contributed by atoms with E-state index in [1.165, 1.54) is 14.2 Å². The number of likely N-dealkylation sites (N-methyl/N-ethyl adjacent to an activating group) is 2. The number of carbonyl (C=O) groups is 6. The Hall–Kier alpha value is -3.30. The van der Waals surface area contributed by atoms with Gasteiger partial charge in [0, 0.05) is 34.2 Å². The second kappa shape index (κ2) is 21.9. The molecule has 1 aliphatic rings. The Balaban J connectivity index is 3.25. The largest absolute Gasteiger partial charge is 0.481 e. The molecule has 15 nitrogen and oxygen atoms in total. The number of hydrogen-bond donors (Lipinski definition) is 4. The van der Waals surface area contributed by atoms with Gasteiger partial charge in [0.2, 0.25) is 29.5 Å². The van der Waals surface area contributed by atoms with Crippen LogP contribution in [0.15, 0.2) is 0 Å². The highest BCUT2D eigenvalue weighted by Crippen LogP contribution is 2.29. The molecule has 0 bridgehead atoms. The minimum Gasteiger partial charge on any atom is -0.481 e. The SMILES string of the molecule is CCC(C)C(C(CC(=O)N1CCCC1C(OC)C(C)C(=O)NCC(N)=O)OC)N(C)C(=O)[C@@H](NC(=O)C(C(C)C)N(C)CCCC(=O)O)C(C)C. The Kier molecular flexibility index (Phi) is 19.7. The molecule has 15 heteroatoms. The summed E-state index contributed by atoms with van der Waals surface area (Å²) in [5, 5.41) is 14.6. The van der Waals surface area contributed by atoms with Crippen molar-refractivity contribution in [1.29, 1.82) is 0 Å². The third-order valence-corrected chi connectivity index (χ3v) is 10.2. The second-order valence-electron chi connectivity index (χ2n) is 14.7. The van der Waals surface area contributed by atoms with Crippen LogP contribution in [0.25, 0.3) is 0 Å². The molecule has 7 unspecified atom stereocenters. The number of likely N-dealkylation sites (tertiary alicyclic amines) is 1. The molecular formula is C36H66N6O9. The van der Waals surface area contributed by atoms with Gasteiger partial charge < -0.3 is 40.7 Å². The summed E-state index contributed by atoms with van der Waals surface area (Å²) >= 11 is 0. The van der Waals surface area contributed by atoms with Crippen LogP contribution in [0.5, 0.6) is 0 Å². The summed E-state index contributed by atoms with van der Waals surface area (Å²) in [6.45, 7) is 13.8. The van der Waals surface area contributed by atoms with Crippen LogP contribution in [-0.4, -0.2) is 140 Å². The third-order valence-electron chi connectivity index (χ3n) is 10.2. The molecule has 1 saturated heterocycles. The van der Waals surface area contributed by atoms with Crippen molar-refractivity contribution in [1.82, 2.24) is 25.3 Å². The zero-order chi connectivity index (χ0) is 39.2. The lowest BCUT2D eigenvalue weighted by molar-refractivity contribution is -0.148. The van der Waals surface area contributed by atoms with Crippen LogP contribution in [-0.2, 0) is 38.2 Å². The monoisotopic (exact) mass is 726 g/mol. The van der Waals surface area contributed by atoms with Crippen LogP contribution in [0.3, 0.4) is 0 Å². The van der Waals surface area contributed by atoms with E-state index in [2.05, 4.69) is 10.6 Å². The van der Waals surface area contributed by atoms with Gasteiger partial charge in [-0.3, -0.25) is 33.7 Å². The summed E-state index contributed by atoms with van der Waals surface area (Å²) in [5.74, 6) is -3.85. The number of carboxylic acids is 1. The average Bonchev–Trinajstić information content (AvgIpc) is 3.54. The quantitative estimate of drug-likeness (QED) is 0.120. The number of amides is 5. The first-order valence-corrected chi connectivity index (χ1v) is 18.2. The Morgan fingerprint density at radius 1 is 0.961 bits per heavy atom. The highest BCUT2D eigenvalue weighted by Gasteiger charge is 2.43. The van der Waals surface area contributed by atoms with E-state index in [4.69, 9.17) is 20.3 Å². The predicted molar refractivity (Wildman–Crippen MR) is 193 cm³/mol. The second-order valence-corrected chi connectivity index (χ2v) is 14.7. The van der Waals surface area contributed by atoms with Crippen molar-refractivity contribution in [3.8, 4) is 0 Å². The van der Waals surface area contributed by atoms with Crippen molar-refractivity contribution in [3.63, 3.8) is 0 Å². The number of nitrogens with one attached hydrogen (secondary N) is 2. The fourth-order valence-corrected chi connectivity index (χ4v) is 7.24. The van der Waals surface area contributed by atoms with Crippen LogP contribution < -0.4 is 16.4 Å². The topological polar surface area (TPSA) is 201 Å². The Morgan fingerprint density at radius 2 is 1.59 bits per heavy atom. The van der Waals surface area contributed by atoms with E-state index in [0.29, 0.717) is 32.4 Å². The van der Waals surface area contributed by atoms with Gasteiger partial charge in [-0.15, -0.1) is 0 Å². The molecule has 1 rings (SSSR count). The highest BCUT2D eigenvalue weighted by molar-refractivity contribution is 5.90. The smallest absolute Gasteiger partial charge is 0.303 e. The van der Waals surface area contributed by atoms with Gasteiger partial charge in [0.1, 0.15) is 6.04 Å². The molecule has 0 aromatic heterocycles. The van der Waals surface area contributed by atoms with E-state index in [1.54, 1.807) is 30.8 Å². The molecule has 1 heterocycles. The van der Waals surface area contributed by atoms with Gasteiger partial charge in [-0.1, -0.05) is 54.9 Å². The van der Waals surface area contributed by atoms with Gasteiger partial charge in [-0.2, -0.15) is 0 Å². The summed E-state index contributed by atoms with van der Waals surface area (Å²) in [5.41, 5.74) is 5.19. The van der Waals surface area contributed by atoms with Crippen molar-refractivity contribution in [2.24, 2.45) is 29.4 Å². The normalized spacial score (nSPS) is 18.9. The Bertz CT molecular complexity index is 1170. The number of methoxy groups -OCH3 is 2. The van der Waals surface area contributed by atoms with E-state index in [-0.39, 0.29) is 60.9 Å². The van der Waals surface area contributed by atoms with Crippen LogP contribution in [0, 0.1) is 23.7 Å². The molecule has 5 amide bonds. The minimum absolute atomic E-state index is 0.00505. The molecule has 0 aromatic rings. The van der Waals surface area contributed by atoms with E-state index in [9.17, 15) is 28.8 Å². The van der Waals surface area contributed by atoms with Crippen molar-refractivity contribution >= 4 is 35.5 Å². The van der Waals surface area contributed by atoms with E-state index in [0.717, 1.165) is 6.42 Å². The maximum Gasteiger partial charge on any atom is 0.303 e. The maximum absolute atomic E-state index is 14.3. The number of nitrogens with two attached hydrogens (primary N) is 1. The average molecular weight is 727 g/mol. The molecule has 51 heavy (non-hydrogen) atoms. The molecule has 5 N–H and O–H groups in total. The van der Waals surface area contributed by atoms with Crippen LogP contribution in [0.2, 0.25) is 0 Å². The van der Waals surface area contributed by atoms with E-state index < -0.39 is 54.0 Å². The summed E-state index contributed by atoms with van der Waals surface area (Å²) in [6.07, 6.45) is 1.11. The predicted octanol–water partition coefficient (Wildman–Crippen LogP) is 1.47. The van der Waals surface area contributed by atoms with Crippen molar-refractivity contribution in [3.05, 3.63) is 0 Å². The van der Waals surface area contributed by atoms with Gasteiger partial charge in [0.15, 0.2) is 0 Å². The molecule has 0 spiro atoms. The fourth-order valence-electron chi connectivity index (χ4n) is 7.24. The lowest BCUT2D eigenvalue weighted by Crippen LogP contribution is -2.60. The van der Waals surface area contributed by atoms with Gasteiger partial charge >= 0.3 is 5.97 Å². The van der Waals surface area contributed by atoms with Gasteiger partial charge in [-0.25, -0.2) is 0 Å². The number of aliphatic carboxylic acids is 1. The number of nitrogens with zero attached hydrogens (tertiary/aromatic N) is 3. The lowest BCUT2D eigenvalue weighted by Gasteiger charge is -2.41. The minimum atomic E-state index is -0.897. The molecule has 1 fully saturated rings. The Morgan fingerprint density at radius 3 is 2.08 bits per heavy atom. The standard InChI is InChI=1S/C36H66N6O9/c1-12-23(6)32(41(9)36(49)30(21(2)3)39-35(48)31(22(4)5)40(8)17-14-16-29(45)46)26(50-10)19-28(44)42-18-13-15-25(42)33(51-11)24(7)34(47)38-20-27(37)43/h21-26,30-33H,12-20H2,1-11H3,(H2,37,43)(H,38,47)(H,39,48)(H,45,46)/t23?,24?,25?,26?,30-,31?,32?,33?/m0/s1. The Labute approximate surface area is 304 Å². The number of rotatable bonds is 23. The molecular weight excluding hydrogens is 660 g/mol. The van der Waals surface area contributed by atoms with E-state index in [1.807, 2.05) is 46.4 Å². The molecule has 0 aliphatic carbocycles. The third kappa shape index (κ3) is 13.3. The summed E-state index contributed by atoms with van der Waals surface area (Å²) in [7, 11) is 6.47. The number of ether oxygens (including phenoxy) is 2. The van der Waals surface area contributed by atoms with Gasteiger partial charge in [0.25, 0.3) is 0 Å². The first kappa shape index (κ1) is 45.7. The molecule has 1 aliphatic heterocycles. The number of carboxylic acid groups (broad SMARTS) is 1. The highest BCUT2D eigenvalue weighted by atomic mass is 16.5. The zero-order valence-corrected chi connectivity index (χ0v) is 32.8. The molecule has 0 radical (unpaired) electrons.